The number of benzene rings is 1. The number of ether oxygens (including phenoxy) is 1. The van der Waals surface area contributed by atoms with Crippen LogP contribution in [0.5, 0.6) is 5.75 Å². The Morgan fingerprint density at radius 1 is 1.18 bits per heavy atom. The lowest BCUT2D eigenvalue weighted by molar-refractivity contribution is -0.141. The standard InChI is InChI=1S/C17H23NO4/c1-11(2)22-15-8-6-14(7-9-15)18(3)16(19)12-4-5-13(10-12)17(20)21/h6-9,11-13H,4-5,10H2,1-3H3,(H,20,21)/t12-,13+/m1/s1. The molecule has 0 radical (unpaired) electrons. The van der Waals surface area contributed by atoms with Crippen LogP contribution in [0.1, 0.15) is 33.1 Å². The minimum atomic E-state index is -0.798. The molecule has 22 heavy (non-hydrogen) atoms. The molecule has 1 aliphatic carbocycles. The largest absolute Gasteiger partial charge is 0.491 e. The molecular weight excluding hydrogens is 282 g/mol. The summed E-state index contributed by atoms with van der Waals surface area (Å²) in [6.45, 7) is 3.92. The third-order valence-electron chi connectivity index (χ3n) is 4.06. The first kappa shape index (κ1) is 16.3. The van der Waals surface area contributed by atoms with Crippen molar-refractivity contribution in [3.05, 3.63) is 24.3 Å². The highest BCUT2D eigenvalue weighted by Crippen LogP contribution is 2.33. The van der Waals surface area contributed by atoms with Gasteiger partial charge in [-0.1, -0.05) is 0 Å². The van der Waals surface area contributed by atoms with Crippen LogP contribution in [0.3, 0.4) is 0 Å². The highest BCUT2D eigenvalue weighted by molar-refractivity contribution is 5.95. The van der Waals surface area contributed by atoms with Crippen LogP contribution in [0.15, 0.2) is 24.3 Å². The maximum atomic E-state index is 12.5. The first-order valence-electron chi connectivity index (χ1n) is 7.65. The quantitative estimate of drug-likeness (QED) is 0.908. The number of anilines is 1. The molecule has 0 bridgehead atoms. The minimum Gasteiger partial charge on any atom is -0.491 e. The van der Waals surface area contributed by atoms with Crippen LogP contribution < -0.4 is 9.64 Å². The number of carbonyl (C=O) groups excluding carboxylic acids is 1. The van der Waals surface area contributed by atoms with Crippen LogP contribution >= 0.6 is 0 Å². The number of carboxylic acids is 1. The fraction of sp³-hybridized carbons (Fsp3) is 0.529. The average Bonchev–Trinajstić information content (AvgIpc) is 2.96. The second-order valence-corrected chi connectivity index (χ2v) is 6.10. The number of rotatable bonds is 5. The summed E-state index contributed by atoms with van der Waals surface area (Å²) in [5.74, 6) is -0.623. The summed E-state index contributed by atoms with van der Waals surface area (Å²) in [7, 11) is 1.73. The summed E-state index contributed by atoms with van der Waals surface area (Å²) in [5.41, 5.74) is 0.792. The fourth-order valence-electron chi connectivity index (χ4n) is 2.85. The van der Waals surface area contributed by atoms with Crippen molar-refractivity contribution in [3.8, 4) is 5.75 Å². The van der Waals surface area contributed by atoms with E-state index in [2.05, 4.69) is 0 Å². The van der Waals surface area contributed by atoms with Crippen molar-refractivity contribution in [1.82, 2.24) is 0 Å². The Morgan fingerprint density at radius 3 is 2.27 bits per heavy atom. The summed E-state index contributed by atoms with van der Waals surface area (Å²) in [6.07, 6.45) is 1.78. The number of hydrogen-bond donors (Lipinski definition) is 1. The first-order valence-corrected chi connectivity index (χ1v) is 7.65. The average molecular weight is 305 g/mol. The van der Waals surface area contributed by atoms with Crippen molar-refractivity contribution in [1.29, 1.82) is 0 Å². The summed E-state index contributed by atoms with van der Waals surface area (Å²) in [5, 5.41) is 9.03. The lowest BCUT2D eigenvalue weighted by Crippen LogP contribution is -2.32. The maximum absolute atomic E-state index is 12.5. The number of aliphatic carboxylic acids is 1. The third kappa shape index (κ3) is 3.78. The molecule has 0 saturated heterocycles. The van der Waals surface area contributed by atoms with Gasteiger partial charge in [-0.25, -0.2) is 0 Å². The predicted molar refractivity (Wildman–Crippen MR) is 84.1 cm³/mol. The Bertz CT molecular complexity index is 538. The van der Waals surface area contributed by atoms with Gasteiger partial charge in [0.15, 0.2) is 0 Å². The van der Waals surface area contributed by atoms with E-state index >= 15 is 0 Å². The topological polar surface area (TPSA) is 66.8 Å². The van der Waals surface area contributed by atoms with E-state index in [0.29, 0.717) is 19.3 Å². The Balaban J connectivity index is 2.00. The van der Waals surface area contributed by atoms with Crippen LogP contribution in [0.25, 0.3) is 0 Å². The monoisotopic (exact) mass is 305 g/mol. The maximum Gasteiger partial charge on any atom is 0.306 e. The highest BCUT2D eigenvalue weighted by atomic mass is 16.5. The molecule has 2 rings (SSSR count). The Hall–Kier alpha value is -2.04. The van der Waals surface area contributed by atoms with E-state index in [9.17, 15) is 9.59 Å². The smallest absolute Gasteiger partial charge is 0.306 e. The molecule has 1 N–H and O–H groups in total. The summed E-state index contributed by atoms with van der Waals surface area (Å²) in [6, 6.07) is 7.38. The second-order valence-electron chi connectivity index (χ2n) is 6.10. The predicted octanol–water partition coefficient (Wildman–Crippen LogP) is 2.94. The Morgan fingerprint density at radius 2 is 1.77 bits per heavy atom. The fourth-order valence-corrected chi connectivity index (χ4v) is 2.85. The van der Waals surface area contributed by atoms with Crippen molar-refractivity contribution in [2.24, 2.45) is 11.8 Å². The molecule has 1 aromatic rings. The van der Waals surface area contributed by atoms with Gasteiger partial charge < -0.3 is 14.7 Å². The second kappa shape index (κ2) is 6.81. The molecule has 1 aliphatic rings. The van der Waals surface area contributed by atoms with Gasteiger partial charge in [0, 0.05) is 18.7 Å². The van der Waals surface area contributed by atoms with Crippen LogP contribution in [0, 0.1) is 11.8 Å². The SMILES string of the molecule is CC(C)Oc1ccc(N(C)C(=O)[C@@H]2CC[C@H](C(=O)O)C2)cc1. The van der Waals surface area contributed by atoms with Gasteiger partial charge in [-0.2, -0.15) is 0 Å². The lowest BCUT2D eigenvalue weighted by atomic mass is 10.0. The molecule has 5 heteroatoms. The molecule has 0 aliphatic heterocycles. The number of amides is 1. The first-order chi connectivity index (χ1) is 10.4. The zero-order valence-electron chi connectivity index (χ0n) is 13.3. The molecule has 2 atom stereocenters. The number of carboxylic acid groups (broad SMARTS) is 1. The summed E-state index contributed by atoms with van der Waals surface area (Å²) < 4.78 is 5.58. The van der Waals surface area contributed by atoms with Crippen molar-refractivity contribution in [2.75, 3.05) is 11.9 Å². The van der Waals surface area contributed by atoms with Gasteiger partial charge in [-0.15, -0.1) is 0 Å². The van der Waals surface area contributed by atoms with Gasteiger partial charge in [0.25, 0.3) is 0 Å². The highest BCUT2D eigenvalue weighted by Gasteiger charge is 2.35. The molecule has 0 heterocycles. The molecule has 0 aromatic heterocycles. The number of nitrogens with zero attached hydrogens (tertiary/aromatic N) is 1. The van der Waals surface area contributed by atoms with Crippen LogP contribution in [-0.4, -0.2) is 30.1 Å². The molecule has 120 valence electrons. The van der Waals surface area contributed by atoms with Crippen molar-refractivity contribution in [3.63, 3.8) is 0 Å². The number of carbonyl (C=O) groups is 2. The molecule has 1 aromatic carbocycles. The Kier molecular flexibility index (Phi) is 5.06. The third-order valence-corrected chi connectivity index (χ3v) is 4.06. The van der Waals surface area contributed by atoms with E-state index in [1.807, 2.05) is 38.1 Å². The van der Waals surface area contributed by atoms with E-state index in [1.54, 1.807) is 11.9 Å². The van der Waals surface area contributed by atoms with Crippen molar-refractivity contribution in [2.45, 2.75) is 39.2 Å². The van der Waals surface area contributed by atoms with Gasteiger partial charge in [0.05, 0.1) is 12.0 Å². The summed E-state index contributed by atoms with van der Waals surface area (Å²) >= 11 is 0. The molecular formula is C17H23NO4. The molecule has 1 fully saturated rings. The van der Waals surface area contributed by atoms with Crippen molar-refractivity contribution < 1.29 is 19.4 Å². The zero-order valence-corrected chi connectivity index (χ0v) is 13.3. The lowest BCUT2D eigenvalue weighted by Gasteiger charge is -2.21. The van der Waals surface area contributed by atoms with Gasteiger partial charge in [0.1, 0.15) is 5.75 Å². The van der Waals surface area contributed by atoms with Crippen molar-refractivity contribution >= 4 is 17.6 Å². The molecule has 0 spiro atoms. The van der Waals surface area contributed by atoms with Gasteiger partial charge >= 0.3 is 5.97 Å². The molecule has 1 amide bonds. The van der Waals surface area contributed by atoms with E-state index in [-0.39, 0.29) is 23.8 Å². The number of hydrogen-bond acceptors (Lipinski definition) is 3. The van der Waals surface area contributed by atoms with Crippen LogP contribution in [-0.2, 0) is 9.59 Å². The minimum absolute atomic E-state index is 0.0127. The van der Waals surface area contributed by atoms with Gasteiger partial charge in [-0.3, -0.25) is 9.59 Å². The van der Waals surface area contributed by atoms with Gasteiger partial charge in [0.2, 0.25) is 5.91 Å². The zero-order chi connectivity index (χ0) is 16.3. The Labute approximate surface area is 130 Å². The van der Waals surface area contributed by atoms with Gasteiger partial charge in [-0.05, 0) is 57.4 Å². The van der Waals surface area contributed by atoms with Crippen LogP contribution in [0.2, 0.25) is 0 Å². The molecule has 5 nitrogen and oxygen atoms in total. The van der Waals surface area contributed by atoms with Crippen LogP contribution in [0.4, 0.5) is 5.69 Å². The summed E-state index contributed by atoms with van der Waals surface area (Å²) in [4.78, 5) is 25.1. The van der Waals surface area contributed by atoms with E-state index in [0.717, 1.165) is 11.4 Å². The molecule has 1 saturated carbocycles. The van der Waals surface area contributed by atoms with E-state index in [1.165, 1.54) is 0 Å². The molecule has 0 unspecified atom stereocenters. The van der Waals surface area contributed by atoms with E-state index < -0.39 is 5.97 Å². The van der Waals surface area contributed by atoms with E-state index in [4.69, 9.17) is 9.84 Å². The normalized spacial score (nSPS) is 20.9.